The molecule has 9 heavy (non-hydrogen) atoms. The van der Waals surface area contributed by atoms with Gasteiger partial charge in [0.25, 0.3) is 0 Å². The zero-order valence-corrected chi connectivity index (χ0v) is 8.02. The van der Waals surface area contributed by atoms with E-state index in [2.05, 4.69) is 0 Å². The lowest BCUT2D eigenvalue weighted by Gasteiger charge is -2.33. The van der Waals surface area contributed by atoms with Crippen molar-refractivity contribution < 1.29 is 32.6 Å². The second-order valence-corrected chi connectivity index (χ2v) is 2.90. The molecule has 1 aliphatic heterocycles. The Kier molecular flexibility index (Phi) is 2.24. The molecule has 0 aromatic heterocycles. The third-order valence-electron chi connectivity index (χ3n) is 1.80. The number of nitrogens with zero attached hydrogens (tertiary/aromatic N) is 1. The van der Waals surface area contributed by atoms with Crippen LogP contribution in [0.25, 0.3) is 0 Å². The lowest BCUT2D eigenvalue weighted by Crippen LogP contribution is -3.00. The molecule has 0 bridgehead atoms. The standard InChI is InChI=1S/C7H16N.HI/c1-8(2)6-4-3-5-7-8;/h3-7H2,1-2H3;1H/q+1;/p-1/i1D3;. The van der Waals surface area contributed by atoms with Crippen LogP contribution >= 0.6 is 0 Å². The summed E-state index contributed by atoms with van der Waals surface area (Å²) in [7, 11) is 1.84. The molecule has 0 aromatic carbocycles. The Hall–Kier alpha value is 0.690. The Balaban J connectivity index is 0.00000121. The Morgan fingerprint density at radius 3 is 2.11 bits per heavy atom. The van der Waals surface area contributed by atoms with Crippen molar-refractivity contribution in [3.63, 3.8) is 0 Å². The minimum atomic E-state index is -1.81. The summed E-state index contributed by atoms with van der Waals surface area (Å²) in [5.74, 6) is 0. The molecule has 1 aliphatic rings. The zero-order chi connectivity index (χ0) is 8.54. The van der Waals surface area contributed by atoms with E-state index in [0.29, 0.717) is 0 Å². The van der Waals surface area contributed by atoms with Crippen molar-refractivity contribution in [2.24, 2.45) is 0 Å². The molecule has 0 unspecified atom stereocenters. The Bertz CT molecular complexity index is 140. The van der Waals surface area contributed by atoms with Gasteiger partial charge in [-0.2, -0.15) is 0 Å². The first-order valence-electron chi connectivity index (χ1n) is 4.80. The first-order valence-corrected chi connectivity index (χ1v) is 3.30. The van der Waals surface area contributed by atoms with Gasteiger partial charge in [-0.1, -0.05) is 0 Å². The van der Waals surface area contributed by atoms with Crippen LogP contribution < -0.4 is 24.0 Å². The van der Waals surface area contributed by atoms with Gasteiger partial charge in [0.05, 0.1) is 31.2 Å². The molecule has 0 aromatic rings. The summed E-state index contributed by atoms with van der Waals surface area (Å²) in [6.07, 6.45) is 3.33. The van der Waals surface area contributed by atoms with Crippen LogP contribution in [-0.4, -0.2) is 31.6 Å². The van der Waals surface area contributed by atoms with Gasteiger partial charge in [-0.25, -0.2) is 0 Å². The lowest BCUT2D eigenvalue weighted by molar-refractivity contribution is -0.894. The van der Waals surface area contributed by atoms with E-state index < -0.39 is 6.98 Å². The minimum absolute atomic E-state index is 0. The van der Waals surface area contributed by atoms with Crippen molar-refractivity contribution >= 4 is 0 Å². The highest BCUT2D eigenvalue weighted by Gasteiger charge is 2.17. The predicted octanol–water partition coefficient (Wildman–Crippen LogP) is -1.75. The summed E-state index contributed by atoms with van der Waals surface area (Å²) in [6.45, 7) is -0.173. The molecule has 1 rings (SSSR count). The molecule has 0 amide bonds. The van der Waals surface area contributed by atoms with Crippen LogP contribution in [-0.2, 0) is 0 Å². The van der Waals surface area contributed by atoms with Crippen molar-refractivity contribution in [3.05, 3.63) is 0 Å². The van der Waals surface area contributed by atoms with E-state index in [0.717, 1.165) is 25.9 Å². The van der Waals surface area contributed by atoms with Crippen LogP contribution in [0.4, 0.5) is 0 Å². The third-order valence-corrected chi connectivity index (χ3v) is 1.80. The van der Waals surface area contributed by atoms with Gasteiger partial charge in [-0.3, -0.25) is 0 Å². The smallest absolute Gasteiger partial charge is 0.0886 e. The number of rotatable bonds is 0. The summed E-state index contributed by atoms with van der Waals surface area (Å²) in [6, 6.07) is 0. The van der Waals surface area contributed by atoms with E-state index in [-0.39, 0.29) is 28.5 Å². The molecule has 1 saturated heterocycles. The first-order chi connectivity index (χ1) is 4.96. The van der Waals surface area contributed by atoms with Crippen LogP contribution in [0.1, 0.15) is 23.4 Å². The normalized spacial score (nSPS) is 31.0. The molecule has 0 spiro atoms. The molecular weight excluding hydrogens is 225 g/mol. The molecule has 0 N–H and O–H groups in total. The largest absolute Gasteiger partial charge is 1.00 e. The number of halogens is 1. The van der Waals surface area contributed by atoms with E-state index in [4.69, 9.17) is 4.11 Å². The van der Waals surface area contributed by atoms with Gasteiger partial charge in [-0.15, -0.1) is 0 Å². The highest BCUT2D eigenvalue weighted by Crippen LogP contribution is 2.11. The highest BCUT2D eigenvalue weighted by molar-refractivity contribution is 4.47. The number of likely N-dealkylation sites (tertiary alicyclic amines) is 1. The first kappa shape index (κ1) is 5.35. The van der Waals surface area contributed by atoms with E-state index >= 15 is 0 Å². The quantitative estimate of drug-likeness (QED) is 0.350. The molecule has 1 nitrogen and oxygen atoms in total. The van der Waals surface area contributed by atoms with Crippen LogP contribution in [0.15, 0.2) is 0 Å². The van der Waals surface area contributed by atoms with Crippen LogP contribution in [0.5, 0.6) is 0 Å². The molecular formula is C7H16IN. The fourth-order valence-corrected chi connectivity index (χ4v) is 1.21. The zero-order valence-electron chi connectivity index (χ0n) is 8.86. The van der Waals surface area contributed by atoms with Gasteiger partial charge in [0.15, 0.2) is 0 Å². The number of hydrogen-bond donors (Lipinski definition) is 0. The average Bonchev–Trinajstić information content (AvgIpc) is 1.87. The van der Waals surface area contributed by atoms with Crippen molar-refractivity contribution in [2.75, 3.05) is 27.1 Å². The van der Waals surface area contributed by atoms with Gasteiger partial charge in [0, 0.05) is 0 Å². The average molecular weight is 244 g/mol. The number of piperidine rings is 1. The SMILES string of the molecule is [2H]C([2H])([2H])[N+]1(C)CCCCC1.[I-]. The molecule has 1 fully saturated rings. The second-order valence-electron chi connectivity index (χ2n) is 2.90. The number of quaternary nitrogens is 1. The monoisotopic (exact) mass is 244 g/mol. The van der Waals surface area contributed by atoms with Gasteiger partial charge >= 0.3 is 0 Å². The van der Waals surface area contributed by atoms with Crippen molar-refractivity contribution in [1.82, 2.24) is 0 Å². The fraction of sp³-hybridized carbons (Fsp3) is 1.00. The number of hydrogen-bond acceptors (Lipinski definition) is 0. The maximum atomic E-state index is 7.33. The molecule has 0 radical (unpaired) electrons. The topological polar surface area (TPSA) is 0 Å². The lowest BCUT2D eigenvalue weighted by atomic mass is 10.1. The Morgan fingerprint density at radius 1 is 1.22 bits per heavy atom. The van der Waals surface area contributed by atoms with Gasteiger partial charge in [0.2, 0.25) is 0 Å². The molecule has 2 heteroatoms. The molecule has 0 atom stereocenters. The summed E-state index contributed by atoms with van der Waals surface area (Å²) < 4.78 is 22.3. The van der Waals surface area contributed by atoms with E-state index in [1.165, 1.54) is 6.42 Å². The highest BCUT2D eigenvalue weighted by atomic mass is 127. The van der Waals surface area contributed by atoms with Crippen LogP contribution in [0.2, 0.25) is 0 Å². The maximum Gasteiger partial charge on any atom is 0.0886 e. The van der Waals surface area contributed by atoms with Crippen LogP contribution in [0.3, 0.4) is 0 Å². The molecule has 0 aliphatic carbocycles. The molecule has 56 valence electrons. The molecule has 1 heterocycles. The van der Waals surface area contributed by atoms with E-state index in [1.54, 1.807) is 0 Å². The molecule has 0 saturated carbocycles. The fourth-order valence-electron chi connectivity index (χ4n) is 1.21. The van der Waals surface area contributed by atoms with E-state index in [9.17, 15) is 0 Å². The van der Waals surface area contributed by atoms with E-state index in [1.807, 2.05) is 7.05 Å². The predicted molar refractivity (Wildman–Crippen MR) is 35.7 cm³/mol. The van der Waals surface area contributed by atoms with Gasteiger partial charge in [-0.05, 0) is 19.3 Å². The van der Waals surface area contributed by atoms with Crippen molar-refractivity contribution in [2.45, 2.75) is 19.3 Å². The second kappa shape index (κ2) is 3.76. The summed E-state index contributed by atoms with van der Waals surface area (Å²) in [5.41, 5.74) is 0. The summed E-state index contributed by atoms with van der Waals surface area (Å²) >= 11 is 0. The maximum absolute atomic E-state index is 7.33. The van der Waals surface area contributed by atoms with Crippen LogP contribution in [0, 0.1) is 0 Å². The Morgan fingerprint density at radius 2 is 1.78 bits per heavy atom. The Labute approximate surface area is 79.3 Å². The van der Waals surface area contributed by atoms with Crippen molar-refractivity contribution in [1.29, 1.82) is 0 Å². The van der Waals surface area contributed by atoms with Gasteiger partial charge < -0.3 is 28.5 Å². The summed E-state index contributed by atoms with van der Waals surface area (Å²) in [5, 5.41) is 0. The summed E-state index contributed by atoms with van der Waals surface area (Å²) in [4.78, 5) is 0. The van der Waals surface area contributed by atoms with Gasteiger partial charge in [0.1, 0.15) is 0 Å². The third kappa shape index (κ3) is 3.40. The van der Waals surface area contributed by atoms with Crippen molar-refractivity contribution in [3.8, 4) is 0 Å². The minimum Gasteiger partial charge on any atom is -1.00 e.